The Morgan fingerprint density at radius 2 is 1.74 bits per heavy atom. The maximum atomic E-state index is 13.4. The maximum absolute atomic E-state index is 13.4. The van der Waals surface area contributed by atoms with E-state index in [4.69, 9.17) is 11.6 Å². The molecule has 1 fully saturated rings. The third kappa shape index (κ3) is 6.02. The van der Waals surface area contributed by atoms with E-state index in [1.165, 1.54) is 24.6 Å². The van der Waals surface area contributed by atoms with Crippen LogP contribution in [0.3, 0.4) is 0 Å². The lowest BCUT2D eigenvalue weighted by molar-refractivity contribution is 0.0951. The van der Waals surface area contributed by atoms with Crippen molar-refractivity contribution in [2.75, 3.05) is 28.6 Å². The number of piperidine rings is 1. The number of aromatic nitrogens is 1. The SMILES string of the molecule is O=C(Nc1ccc(F)c(Cl)c1)Nc1ccc(N2CCCCC2)c(C(=O)NCc2cccnc2)c1. The van der Waals surface area contributed by atoms with Crippen molar-refractivity contribution < 1.29 is 14.0 Å². The number of carbonyl (C=O) groups excluding carboxylic acids is 2. The average molecular weight is 482 g/mol. The molecule has 3 N–H and O–H groups in total. The fourth-order valence-electron chi connectivity index (χ4n) is 3.85. The number of nitrogens with one attached hydrogen (secondary N) is 3. The summed E-state index contributed by atoms with van der Waals surface area (Å²) in [5.41, 5.74) is 3.01. The molecule has 1 aromatic heterocycles. The molecule has 1 saturated heterocycles. The molecular weight excluding hydrogens is 457 g/mol. The molecule has 0 aliphatic carbocycles. The van der Waals surface area contributed by atoms with Crippen molar-refractivity contribution >= 4 is 40.6 Å². The third-order valence-corrected chi connectivity index (χ3v) is 5.84. The zero-order chi connectivity index (χ0) is 23.9. The average Bonchev–Trinajstić information content (AvgIpc) is 2.86. The van der Waals surface area contributed by atoms with Crippen LogP contribution in [0.25, 0.3) is 0 Å². The molecule has 2 aromatic carbocycles. The van der Waals surface area contributed by atoms with Crippen molar-refractivity contribution in [3.05, 3.63) is 82.9 Å². The Balaban J connectivity index is 1.51. The van der Waals surface area contributed by atoms with Gasteiger partial charge in [0.2, 0.25) is 0 Å². The number of hydrogen-bond donors (Lipinski definition) is 3. The van der Waals surface area contributed by atoms with E-state index in [1.807, 2.05) is 18.2 Å². The molecule has 0 saturated carbocycles. The first kappa shape index (κ1) is 23.5. The minimum absolute atomic E-state index is 0.0868. The van der Waals surface area contributed by atoms with E-state index < -0.39 is 11.8 Å². The van der Waals surface area contributed by atoms with E-state index in [-0.39, 0.29) is 10.9 Å². The van der Waals surface area contributed by atoms with Crippen LogP contribution in [0.4, 0.5) is 26.2 Å². The molecule has 0 atom stereocenters. The summed E-state index contributed by atoms with van der Waals surface area (Å²) in [6.45, 7) is 2.10. The van der Waals surface area contributed by atoms with Crippen molar-refractivity contribution in [1.82, 2.24) is 10.3 Å². The van der Waals surface area contributed by atoms with Gasteiger partial charge < -0.3 is 20.9 Å². The van der Waals surface area contributed by atoms with Crippen LogP contribution in [0.15, 0.2) is 60.9 Å². The van der Waals surface area contributed by atoms with Crippen LogP contribution in [-0.2, 0) is 6.54 Å². The number of nitrogens with zero attached hydrogens (tertiary/aromatic N) is 2. The van der Waals surface area contributed by atoms with E-state index in [1.54, 1.807) is 24.5 Å². The maximum Gasteiger partial charge on any atom is 0.323 e. The summed E-state index contributed by atoms with van der Waals surface area (Å²) in [6, 6.07) is 12.4. The van der Waals surface area contributed by atoms with Gasteiger partial charge >= 0.3 is 6.03 Å². The normalized spacial score (nSPS) is 13.3. The molecule has 7 nitrogen and oxygen atoms in total. The zero-order valence-electron chi connectivity index (χ0n) is 18.5. The van der Waals surface area contributed by atoms with Crippen LogP contribution in [0.5, 0.6) is 0 Å². The van der Waals surface area contributed by atoms with Crippen LogP contribution < -0.4 is 20.9 Å². The van der Waals surface area contributed by atoms with E-state index in [9.17, 15) is 14.0 Å². The summed E-state index contributed by atoms with van der Waals surface area (Å²) in [4.78, 5) is 31.9. The van der Waals surface area contributed by atoms with Crippen molar-refractivity contribution in [3.63, 3.8) is 0 Å². The highest BCUT2D eigenvalue weighted by Gasteiger charge is 2.20. The Morgan fingerprint density at radius 3 is 2.44 bits per heavy atom. The number of anilines is 3. The lowest BCUT2D eigenvalue weighted by Crippen LogP contribution is -2.33. The molecule has 0 unspecified atom stereocenters. The molecule has 0 radical (unpaired) electrons. The highest BCUT2D eigenvalue weighted by molar-refractivity contribution is 6.31. The Hall–Kier alpha value is -3.65. The molecule has 1 aliphatic rings. The first-order chi connectivity index (χ1) is 16.5. The van der Waals surface area contributed by atoms with Crippen LogP contribution in [0.2, 0.25) is 5.02 Å². The number of carbonyl (C=O) groups is 2. The molecule has 176 valence electrons. The first-order valence-corrected chi connectivity index (χ1v) is 11.5. The number of hydrogen-bond acceptors (Lipinski definition) is 4. The third-order valence-electron chi connectivity index (χ3n) is 5.55. The standard InChI is InChI=1S/C25H25ClFN5O2/c26-21-14-19(6-8-22(21)27)31-25(34)30-18-7-9-23(32-11-2-1-3-12-32)20(13-18)24(33)29-16-17-5-4-10-28-15-17/h4-10,13-15H,1-3,11-12,16H2,(H,29,33)(H2,30,31,34). The predicted octanol–water partition coefficient (Wildman–Crippen LogP) is 5.44. The van der Waals surface area contributed by atoms with E-state index in [0.29, 0.717) is 23.5 Å². The van der Waals surface area contributed by atoms with Crippen LogP contribution in [0.1, 0.15) is 35.2 Å². The second-order valence-electron chi connectivity index (χ2n) is 8.03. The Kier molecular flexibility index (Phi) is 7.59. The van der Waals surface area contributed by atoms with Gasteiger partial charge in [0.25, 0.3) is 5.91 Å². The lowest BCUT2D eigenvalue weighted by Gasteiger charge is -2.30. The number of rotatable bonds is 6. The second-order valence-corrected chi connectivity index (χ2v) is 8.44. The van der Waals surface area contributed by atoms with Crippen LogP contribution in [-0.4, -0.2) is 30.0 Å². The Morgan fingerprint density at radius 1 is 1.00 bits per heavy atom. The minimum Gasteiger partial charge on any atom is -0.371 e. The second kappa shape index (κ2) is 11.0. The molecule has 0 bridgehead atoms. The van der Waals surface area contributed by atoms with Gasteiger partial charge in [-0.3, -0.25) is 9.78 Å². The van der Waals surface area contributed by atoms with Crippen molar-refractivity contribution in [1.29, 1.82) is 0 Å². The first-order valence-electron chi connectivity index (χ1n) is 11.1. The van der Waals surface area contributed by atoms with Crippen molar-refractivity contribution in [2.45, 2.75) is 25.8 Å². The van der Waals surface area contributed by atoms with Gasteiger partial charge in [-0.2, -0.15) is 0 Å². The van der Waals surface area contributed by atoms with E-state index >= 15 is 0 Å². The van der Waals surface area contributed by atoms with Crippen molar-refractivity contribution in [2.24, 2.45) is 0 Å². The molecule has 9 heteroatoms. The highest BCUT2D eigenvalue weighted by Crippen LogP contribution is 2.28. The van der Waals surface area contributed by atoms with Crippen LogP contribution >= 0.6 is 11.6 Å². The van der Waals surface area contributed by atoms with Gasteiger partial charge in [0.1, 0.15) is 5.82 Å². The van der Waals surface area contributed by atoms with Crippen molar-refractivity contribution in [3.8, 4) is 0 Å². The number of urea groups is 1. The zero-order valence-corrected chi connectivity index (χ0v) is 19.2. The molecule has 0 spiro atoms. The smallest absolute Gasteiger partial charge is 0.323 e. The fraction of sp³-hybridized carbons (Fsp3) is 0.240. The predicted molar refractivity (Wildman–Crippen MR) is 132 cm³/mol. The van der Waals surface area contributed by atoms with E-state index in [2.05, 4.69) is 25.8 Å². The molecule has 3 aromatic rings. The van der Waals surface area contributed by atoms with E-state index in [0.717, 1.165) is 37.2 Å². The number of amides is 3. The van der Waals surface area contributed by atoms with Gasteiger partial charge in [-0.1, -0.05) is 17.7 Å². The van der Waals surface area contributed by atoms with Gasteiger partial charge in [-0.25, -0.2) is 9.18 Å². The monoisotopic (exact) mass is 481 g/mol. The summed E-state index contributed by atoms with van der Waals surface area (Å²) in [5, 5.41) is 8.20. The molecule has 1 aliphatic heterocycles. The number of halogens is 2. The molecule has 2 heterocycles. The topological polar surface area (TPSA) is 86.4 Å². The number of benzene rings is 2. The Labute approximate surface area is 202 Å². The summed E-state index contributed by atoms with van der Waals surface area (Å²) in [5.74, 6) is -0.804. The van der Waals surface area contributed by atoms with Gasteiger partial charge in [0, 0.05) is 49.1 Å². The van der Waals surface area contributed by atoms with Gasteiger partial charge in [-0.15, -0.1) is 0 Å². The van der Waals surface area contributed by atoms with Crippen LogP contribution in [0, 0.1) is 5.82 Å². The molecule has 3 amide bonds. The summed E-state index contributed by atoms with van der Waals surface area (Å²) in [6.07, 6.45) is 6.70. The number of pyridine rings is 1. The Bertz CT molecular complexity index is 1170. The fourth-order valence-corrected chi connectivity index (χ4v) is 4.03. The largest absolute Gasteiger partial charge is 0.371 e. The van der Waals surface area contributed by atoms with Gasteiger partial charge in [0.05, 0.1) is 10.6 Å². The van der Waals surface area contributed by atoms with Gasteiger partial charge in [-0.05, 0) is 67.3 Å². The minimum atomic E-state index is -0.567. The highest BCUT2D eigenvalue weighted by atomic mass is 35.5. The summed E-state index contributed by atoms with van der Waals surface area (Å²) < 4.78 is 13.4. The summed E-state index contributed by atoms with van der Waals surface area (Å²) >= 11 is 5.78. The quantitative estimate of drug-likeness (QED) is 0.437. The van der Waals surface area contributed by atoms with Gasteiger partial charge in [0.15, 0.2) is 0 Å². The molecule has 4 rings (SSSR count). The molecule has 34 heavy (non-hydrogen) atoms. The molecular formula is C25H25ClFN5O2. The lowest BCUT2D eigenvalue weighted by atomic mass is 10.1. The summed E-state index contributed by atoms with van der Waals surface area (Å²) in [7, 11) is 0.